The van der Waals surface area contributed by atoms with E-state index in [9.17, 15) is 5.11 Å². The molecule has 0 aromatic heterocycles. The van der Waals surface area contributed by atoms with Crippen molar-refractivity contribution in [2.75, 3.05) is 13.1 Å². The molecule has 1 N–H and O–H groups in total. The summed E-state index contributed by atoms with van der Waals surface area (Å²) in [6.07, 6.45) is 1.96. The third-order valence-electron chi connectivity index (χ3n) is 2.97. The van der Waals surface area contributed by atoms with E-state index in [4.69, 9.17) is 0 Å². The van der Waals surface area contributed by atoms with Crippen LogP contribution in [0.4, 0.5) is 0 Å². The number of aliphatic hydroxyl groups is 1. The molecule has 15 heavy (non-hydrogen) atoms. The van der Waals surface area contributed by atoms with Gasteiger partial charge in [-0.1, -0.05) is 29.8 Å². The van der Waals surface area contributed by atoms with Gasteiger partial charge in [-0.05, 0) is 31.9 Å². The molecule has 1 aliphatic rings. The first kappa shape index (κ1) is 10.7. The second kappa shape index (κ2) is 4.77. The van der Waals surface area contributed by atoms with Crippen molar-refractivity contribution in [2.24, 2.45) is 0 Å². The molecule has 0 aliphatic carbocycles. The van der Waals surface area contributed by atoms with Gasteiger partial charge in [-0.25, -0.2) is 0 Å². The lowest BCUT2D eigenvalue weighted by Gasteiger charge is -2.30. The van der Waals surface area contributed by atoms with E-state index in [1.165, 1.54) is 11.1 Å². The van der Waals surface area contributed by atoms with Crippen LogP contribution in [0.5, 0.6) is 0 Å². The predicted octanol–water partition coefficient (Wildman–Crippen LogP) is 1.95. The van der Waals surface area contributed by atoms with Crippen LogP contribution in [0.1, 0.15) is 24.0 Å². The highest BCUT2D eigenvalue weighted by atomic mass is 16.3. The van der Waals surface area contributed by atoms with Crippen LogP contribution in [0.3, 0.4) is 0 Å². The van der Waals surface area contributed by atoms with Crippen LogP contribution < -0.4 is 0 Å². The van der Waals surface area contributed by atoms with Crippen LogP contribution in [-0.4, -0.2) is 29.2 Å². The number of β-amino-alcohol motifs (C(OH)–C–C–N with tert-alkyl or cyclic N) is 1. The summed E-state index contributed by atoms with van der Waals surface area (Å²) in [6.45, 7) is 5.03. The van der Waals surface area contributed by atoms with E-state index >= 15 is 0 Å². The van der Waals surface area contributed by atoms with Crippen molar-refractivity contribution in [1.29, 1.82) is 0 Å². The summed E-state index contributed by atoms with van der Waals surface area (Å²) >= 11 is 0. The summed E-state index contributed by atoms with van der Waals surface area (Å²) < 4.78 is 0. The van der Waals surface area contributed by atoms with Crippen LogP contribution in [0.15, 0.2) is 24.3 Å². The van der Waals surface area contributed by atoms with Crippen molar-refractivity contribution in [3.8, 4) is 0 Å². The summed E-state index contributed by atoms with van der Waals surface area (Å²) in [4.78, 5) is 2.34. The highest BCUT2D eigenvalue weighted by Crippen LogP contribution is 2.14. The van der Waals surface area contributed by atoms with E-state index in [1.807, 2.05) is 0 Å². The van der Waals surface area contributed by atoms with E-state index < -0.39 is 0 Å². The van der Waals surface area contributed by atoms with E-state index in [2.05, 4.69) is 36.1 Å². The van der Waals surface area contributed by atoms with E-state index in [-0.39, 0.29) is 6.10 Å². The quantitative estimate of drug-likeness (QED) is 0.797. The fourth-order valence-electron chi connectivity index (χ4n) is 2.24. The minimum Gasteiger partial charge on any atom is -0.392 e. The van der Waals surface area contributed by atoms with Crippen LogP contribution in [0.2, 0.25) is 0 Å². The molecule has 0 radical (unpaired) electrons. The maximum atomic E-state index is 9.57. The Balaban J connectivity index is 1.96. The highest BCUT2D eigenvalue weighted by Gasteiger charge is 2.17. The topological polar surface area (TPSA) is 23.5 Å². The standard InChI is InChI=1S/C13H19NO/c1-11-4-2-5-12(8-11)9-14-7-3-6-13(15)10-14/h2,4-5,8,13,15H,3,6-7,9-10H2,1H3/t13-/m1/s1. The molecule has 0 bridgehead atoms. The van der Waals surface area contributed by atoms with Crippen molar-refractivity contribution in [2.45, 2.75) is 32.4 Å². The fourth-order valence-corrected chi connectivity index (χ4v) is 2.24. The van der Waals surface area contributed by atoms with Crippen molar-refractivity contribution in [3.63, 3.8) is 0 Å². The molecule has 0 amide bonds. The maximum Gasteiger partial charge on any atom is 0.0667 e. The Morgan fingerprint density at radius 1 is 1.47 bits per heavy atom. The lowest BCUT2D eigenvalue weighted by Crippen LogP contribution is -2.37. The summed E-state index contributed by atoms with van der Waals surface area (Å²) in [5.74, 6) is 0. The minimum atomic E-state index is -0.122. The number of hydrogen-bond acceptors (Lipinski definition) is 2. The monoisotopic (exact) mass is 205 g/mol. The van der Waals surface area contributed by atoms with Gasteiger partial charge in [-0.3, -0.25) is 4.90 Å². The van der Waals surface area contributed by atoms with Gasteiger partial charge in [0.1, 0.15) is 0 Å². The summed E-state index contributed by atoms with van der Waals surface area (Å²) in [5, 5.41) is 9.57. The molecule has 2 heteroatoms. The molecule has 1 saturated heterocycles. The largest absolute Gasteiger partial charge is 0.392 e. The first-order chi connectivity index (χ1) is 7.24. The number of benzene rings is 1. The summed E-state index contributed by atoms with van der Waals surface area (Å²) in [5.41, 5.74) is 2.66. The van der Waals surface area contributed by atoms with Gasteiger partial charge in [0.15, 0.2) is 0 Å². The minimum absolute atomic E-state index is 0.122. The van der Waals surface area contributed by atoms with Crippen molar-refractivity contribution >= 4 is 0 Å². The number of aryl methyl sites for hydroxylation is 1. The Kier molecular flexibility index (Phi) is 3.39. The normalized spacial score (nSPS) is 22.9. The number of aliphatic hydroxyl groups excluding tert-OH is 1. The molecular formula is C13H19NO. The Morgan fingerprint density at radius 3 is 3.07 bits per heavy atom. The Hall–Kier alpha value is -0.860. The molecule has 0 saturated carbocycles. The number of hydrogen-bond donors (Lipinski definition) is 1. The zero-order valence-electron chi connectivity index (χ0n) is 9.32. The first-order valence-electron chi connectivity index (χ1n) is 5.70. The molecule has 1 atom stereocenters. The third-order valence-corrected chi connectivity index (χ3v) is 2.97. The molecule has 1 aliphatic heterocycles. The maximum absolute atomic E-state index is 9.57. The van der Waals surface area contributed by atoms with Gasteiger partial charge < -0.3 is 5.11 Å². The molecule has 2 rings (SSSR count). The molecule has 82 valence electrons. The molecule has 1 aromatic rings. The van der Waals surface area contributed by atoms with Crippen molar-refractivity contribution in [1.82, 2.24) is 4.90 Å². The molecule has 2 nitrogen and oxygen atoms in total. The van der Waals surface area contributed by atoms with Crippen LogP contribution in [0, 0.1) is 6.92 Å². The Labute approximate surface area is 91.5 Å². The average Bonchev–Trinajstić information content (AvgIpc) is 2.17. The summed E-state index contributed by atoms with van der Waals surface area (Å²) in [6, 6.07) is 8.61. The summed E-state index contributed by atoms with van der Waals surface area (Å²) in [7, 11) is 0. The predicted molar refractivity (Wildman–Crippen MR) is 61.7 cm³/mol. The van der Waals surface area contributed by atoms with Gasteiger partial charge in [0.05, 0.1) is 6.10 Å². The van der Waals surface area contributed by atoms with Gasteiger partial charge in [0, 0.05) is 13.1 Å². The van der Waals surface area contributed by atoms with Crippen LogP contribution in [-0.2, 0) is 6.54 Å². The molecule has 0 spiro atoms. The van der Waals surface area contributed by atoms with Gasteiger partial charge in [-0.15, -0.1) is 0 Å². The molecule has 1 fully saturated rings. The van der Waals surface area contributed by atoms with Crippen molar-refractivity contribution < 1.29 is 5.11 Å². The molecular weight excluding hydrogens is 186 g/mol. The van der Waals surface area contributed by atoms with Crippen molar-refractivity contribution in [3.05, 3.63) is 35.4 Å². The zero-order valence-corrected chi connectivity index (χ0v) is 9.32. The number of likely N-dealkylation sites (tertiary alicyclic amines) is 1. The second-order valence-electron chi connectivity index (χ2n) is 4.52. The van der Waals surface area contributed by atoms with Gasteiger partial charge in [-0.2, -0.15) is 0 Å². The lowest BCUT2D eigenvalue weighted by molar-refractivity contribution is 0.0668. The first-order valence-corrected chi connectivity index (χ1v) is 5.70. The Morgan fingerprint density at radius 2 is 2.33 bits per heavy atom. The SMILES string of the molecule is Cc1cccc(CN2CCC[C@@H](O)C2)c1. The van der Waals surface area contributed by atoms with E-state index in [0.29, 0.717) is 0 Å². The molecule has 0 unspecified atom stereocenters. The van der Waals surface area contributed by atoms with E-state index in [1.54, 1.807) is 0 Å². The lowest BCUT2D eigenvalue weighted by atomic mass is 10.1. The number of nitrogens with zero attached hydrogens (tertiary/aromatic N) is 1. The third kappa shape index (κ3) is 3.05. The van der Waals surface area contributed by atoms with E-state index in [0.717, 1.165) is 32.5 Å². The molecule has 1 heterocycles. The highest BCUT2D eigenvalue weighted by molar-refractivity contribution is 5.22. The van der Waals surface area contributed by atoms with Crippen LogP contribution in [0.25, 0.3) is 0 Å². The zero-order chi connectivity index (χ0) is 10.7. The van der Waals surface area contributed by atoms with Gasteiger partial charge in [0.25, 0.3) is 0 Å². The fraction of sp³-hybridized carbons (Fsp3) is 0.538. The Bertz CT molecular complexity index is 324. The van der Waals surface area contributed by atoms with Crippen LogP contribution >= 0.6 is 0 Å². The smallest absolute Gasteiger partial charge is 0.0667 e. The average molecular weight is 205 g/mol. The second-order valence-corrected chi connectivity index (χ2v) is 4.52. The number of rotatable bonds is 2. The number of piperidine rings is 1. The van der Waals surface area contributed by atoms with Gasteiger partial charge in [0.2, 0.25) is 0 Å². The molecule has 1 aromatic carbocycles. The van der Waals surface area contributed by atoms with Gasteiger partial charge >= 0.3 is 0 Å².